The average molecular weight is 298 g/mol. The zero-order valence-corrected chi connectivity index (χ0v) is 13.4. The van der Waals surface area contributed by atoms with E-state index in [0.717, 1.165) is 12.2 Å². The number of carbonyl (C=O) groups is 2. The van der Waals surface area contributed by atoms with Gasteiger partial charge in [-0.2, -0.15) is 0 Å². The lowest BCUT2D eigenvalue weighted by Crippen LogP contribution is -2.32. The minimum atomic E-state index is -0.614. The standard InChI is InChI=1S/C16H26O5/c1-7-13(17)19-11-9-15(3,4)20-12-10-16(5,6)21-14(18)8-2/h7-8H,1-2,9-12H2,3-6H3. The lowest BCUT2D eigenvalue weighted by molar-refractivity contribution is -0.153. The van der Waals surface area contributed by atoms with Gasteiger partial charge in [0.25, 0.3) is 0 Å². The molecular weight excluding hydrogens is 272 g/mol. The first-order valence-electron chi connectivity index (χ1n) is 6.90. The number of rotatable bonds is 10. The maximum absolute atomic E-state index is 11.2. The van der Waals surface area contributed by atoms with E-state index in [2.05, 4.69) is 13.2 Å². The first-order valence-corrected chi connectivity index (χ1v) is 6.90. The molecule has 0 aliphatic rings. The molecule has 0 saturated carbocycles. The largest absolute Gasteiger partial charge is 0.462 e. The molecule has 0 aliphatic carbocycles. The van der Waals surface area contributed by atoms with Crippen molar-refractivity contribution in [3.63, 3.8) is 0 Å². The van der Waals surface area contributed by atoms with Crippen molar-refractivity contribution in [3.8, 4) is 0 Å². The fourth-order valence-corrected chi connectivity index (χ4v) is 1.47. The van der Waals surface area contributed by atoms with Crippen LogP contribution in [-0.2, 0) is 23.8 Å². The lowest BCUT2D eigenvalue weighted by Gasteiger charge is -2.29. The van der Waals surface area contributed by atoms with Crippen LogP contribution in [0.5, 0.6) is 0 Å². The SMILES string of the molecule is C=CC(=O)OCCC(C)(C)OCCC(C)(C)OC(=O)C=C. The molecule has 0 aromatic rings. The highest BCUT2D eigenvalue weighted by atomic mass is 16.6. The van der Waals surface area contributed by atoms with Gasteiger partial charge in [-0.15, -0.1) is 0 Å². The summed E-state index contributed by atoms with van der Waals surface area (Å²) in [5.74, 6) is -0.890. The summed E-state index contributed by atoms with van der Waals surface area (Å²) in [4.78, 5) is 22.1. The summed E-state index contributed by atoms with van der Waals surface area (Å²) in [6.45, 7) is 14.9. The highest BCUT2D eigenvalue weighted by Gasteiger charge is 2.24. The first-order chi connectivity index (χ1) is 9.62. The molecule has 0 heterocycles. The Labute approximate surface area is 126 Å². The highest BCUT2D eigenvalue weighted by Crippen LogP contribution is 2.19. The summed E-state index contributed by atoms with van der Waals surface area (Å²) >= 11 is 0. The van der Waals surface area contributed by atoms with Gasteiger partial charge in [0.15, 0.2) is 0 Å². The summed E-state index contributed by atoms with van der Waals surface area (Å²) in [7, 11) is 0. The third-order valence-corrected chi connectivity index (χ3v) is 2.86. The number of esters is 2. The van der Waals surface area contributed by atoms with Gasteiger partial charge in [-0.25, -0.2) is 9.59 Å². The van der Waals surface area contributed by atoms with Crippen molar-refractivity contribution in [1.82, 2.24) is 0 Å². The molecule has 5 nitrogen and oxygen atoms in total. The third-order valence-electron chi connectivity index (χ3n) is 2.86. The Kier molecular flexibility index (Phi) is 7.95. The monoisotopic (exact) mass is 298 g/mol. The molecule has 0 aliphatic heterocycles. The molecule has 0 amide bonds. The predicted molar refractivity (Wildman–Crippen MR) is 80.8 cm³/mol. The van der Waals surface area contributed by atoms with Crippen LogP contribution in [-0.4, -0.2) is 36.4 Å². The molecule has 0 fully saturated rings. The van der Waals surface area contributed by atoms with Gasteiger partial charge in [0, 0.05) is 25.0 Å². The van der Waals surface area contributed by atoms with Crippen molar-refractivity contribution < 1.29 is 23.8 Å². The van der Waals surface area contributed by atoms with E-state index in [-0.39, 0.29) is 6.61 Å². The molecule has 0 N–H and O–H groups in total. The molecule has 0 radical (unpaired) electrons. The van der Waals surface area contributed by atoms with Crippen molar-refractivity contribution in [2.45, 2.75) is 51.7 Å². The number of ether oxygens (including phenoxy) is 3. The first kappa shape index (κ1) is 19.4. The Morgan fingerprint density at radius 1 is 0.905 bits per heavy atom. The van der Waals surface area contributed by atoms with E-state index in [1.807, 2.05) is 27.7 Å². The Bertz CT molecular complexity index is 382. The van der Waals surface area contributed by atoms with Gasteiger partial charge in [-0.05, 0) is 27.7 Å². The summed E-state index contributed by atoms with van der Waals surface area (Å²) in [5, 5.41) is 0. The smallest absolute Gasteiger partial charge is 0.330 e. The Balaban J connectivity index is 4.07. The van der Waals surface area contributed by atoms with Gasteiger partial charge in [-0.1, -0.05) is 13.2 Å². The maximum Gasteiger partial charge on any atom is 0.330 e. The van der Waals surface area contributed by atoms with Crippen LogP contribution in [0.3, 0.4) is 0 Å². The number of carbonyl (C=O) groups excluding carboxylic acids is 2. The fraction of sp³-hybridized carbons (Fsp3) is 0.625. The van der Waals surface area contributed by atoms with E-state index >= 15 is 0 Å². The Morgan fingerprint density at radius 2 is 1.43 bits per heavy atom. The molecule has 0 saturated heterocycles. The van der Waals surface area contributed by atoms with Gasteiger partial charge in [-0.3, -0.25) is 0 Å². The van der Waals surface area contributed by atoms with E-state index in [1.54, 1.807) is 0 Å². The quantitative estimate of drug-likeness (QED) is 0.458. The second-order valence-electron chi connectivity index (χ2n) is 5.86. The minimum Gasteiger partial charge on any atom is -0.462 e. The van der Waals surface area contributed by atoms with E-state index < -0.39 is 23.1 Å². The van der Waals surface area contributed by atoms with Crippen LogP contribution in [0, 0.1) is 0 Å². The lowest BCUT2D eigenvalue weighted by atomic mass is 10.0. The van der Waals surface area contributed by atoms with Crippen LogP contribution in [0.15, 0.2) is 25.3 Å². The second-order valence-corrected chi connectivity index (χ2v) is 5.86. The van der Waals surface area contributed by atoms with Crippen LogP contribution >= 0.6 is 0 Å². The molecule has 21 heavy (non-hydrogen) atoms. The van der Waals surface area contributed by atoms with Gasteiger partial charge < -0.3 is 14.2 Å². The van der Waals surface area contributed by atoms with E-state index in [0.29, 0.717) is 19.4 Å². The molecule has 0 unspecified atom stereocenters. The second kappa shape index (κ2) is 8.62. The number of hydrogen-bond acceptors (Lipinski definition) is 5. The van der Waals surface area contributed by atoms with Crippen LogP contribution in [0.1, 0.15) is 40.5 Å². The molecular formula is C16H26O5. The Hall–Kier alpha value is -1.62. The average Bonchev–Trinajstić information content (AvgIpc) is 2.36. The minimum absolute atomic E-state index is 0.271. The molecule has 0 aromatic carbocycles. The van der Waals surface area contributed by atoms with Gasteiger partial charge in [0.05, 0.1) is 18.8 Å². The molecule has 0 aromatic heterocycles. The summed E-state index contributed by atoms with van der Waals surface area (Å²) in [5.41, 5.74) is -1.05. The van der Waals surface area contributed by atoms with Crippen molar-refractivity contribution in [2.75, 3.05) is 13.2 Å². The van der Waals surface area contributed by atoms with Gasteiger partial charge in [0.1, 0.15) is 5.60 Å². The van der Waals surface area contributed by atoms with Crippen LogP contribution < -0.4 is 0 Å². The predicted octanol–water partition coefficient (Wildman–Crippen LogP) is 2.80. The third kappa shape index (κ3) is 9.85. The zero-order chi connectivity index (χ0) is 16.5. The molecule has 120 valence electrons. The van der Waals surface area contributed by atoms with Crippen molar-refractivity contribution in [3.05, 3.63) is 25.3 Å². The molecule has 5 heteroatoms. The van der Waals surface area contributed by atoms with Crippen molar-refractivity contribution >= 4 is 11.9 Å². The van der Waals surface area contributed by atoms with Gasteiger partial charge in [0.2, 0.25) is 0 Å². The van der Waals surface area contributed by atoms with Crippen LogP contribution in [0.4, 0.5) is 0 Å². The van der Waals surface area contributed by atoms with Gasteiger partial charge >= 0.3 is 11.9 Å². The van der Waals surface area contributed by atoms with Crippen molar-refractivity contribution in [1.29, 1.82) is 0 Å². The van der Waals surface area contributed by atoms with E-state index in [1.165, 1.54) is 0 Å². The molecule has 0 atom stereocenters. The maximum atomic E-state index is 11.2. The van der Waals surface area contributed by atoms with E-state index in [9.17, 15) is 9.59 Å². The Morgan fingerprint density at radius 3 is 1.95 bits per heavy atom. The molecule has 0 rings (SSSR count). The topological polar surface area (TPSA) is 61.8 Å². The fourth-order valence-electron chi connectivity index (χ4n) is 1.47. The summed E-state index contributed by atoms with van der Waals surface area (Å²) in [6.07, 6.45) is 3.40. The van der Waals surface area contributed by atoms with E-state index in [4.69, 9.17) is 14.2 Å². The molecule has 0 bridgehead atoms. The normalized spacial score (nSPS) is 11.6. The molecule has 0 spiro atoms. The number of hydrogen-bond donors (Lipinski definition) is 0. The summed E-state index contributed by atoms with van der Waals surface area (Å²) in [6, 6.07) is 0. The summed E-state index contributed by atoms with van der Waals surface area (Å²) < 4.78 is 15.9. The van der Waals surface area contributed by atoms with Crippen LogP contribution in [0.25, 0.3) is 0 Å². The van der Waals surface area contributed by atoms with Crippen molar-refractivity contribution in [2.24, 2.45) is 0 Å². The highest BCUT2D eigenvalue weighted by molar-refractivity contribution is 5.81. The zero-order valence-electron chi connectivity index (χ0n) is 13.4. The van der Waals surface area contributed by atoms with Crippen LogP contribution in [0.2, 0.25) is 0 Å².